The Kier molecular flexibility index (Phi) is 7.19. The Hall–Kier alpha value is -3.46. The lowest BCUT2D eigenvalue weighted by atomic mass is 9.96. The van der Waals surface area contributed by atoms with E-state index in [4.69, 9.17) is 9.47 Å². The van der Waals surface area contributed by atoms with E-state index in [1.165, 1.54) is 18.4 Å². The molecule has 2 aromatic heterocycles. The summed E-state index contributed by atoms with van der Waals surface area (Å²) in [5, 5.41) is 3.20. The summed E-state index contributed by atoms with van der Waals surface area (Å²) >= 11 is 1.41. The van der Waals surface area contributed by atoms with E-state index in [9.17, 15) is 14.4 Å². The van der Waals surface area contributed by atoms with Gasteiger partial charge in [0.1, 0.15) is 10.8 Å². The predicted molar refractivity (Wildman–Crippen MR) is 124 cm³/mol. The zero-order valence-electron chi connectivity index (χ0n) is 18.3. The number of nitrogens with zero attached hydrogens (tertiary/aromatic N) is 1. The molecule has 3 aromatic rings. The lowest BCUT2D eigenvalue weighted by molar-refractivity contribution is -0.119. The van der Waals surface area contributed by atoms with Crippen LogP contribution in [0.15, 0.2) is 36.7 Å². The van der Waals surface area contributed by atoms with Gasteiger partial charge in [-0.25, -0.2) is 14.6 Å². The first-order valence-electron chi connectivity index (χ1n) is 10.9. The van der Waals surface area contributed by atoms with Crippen molar-refractivity contribution in [1.82, 2.24) is 9.97 Å². The number of aromatic nitrogens is 2. The maximum Gasteiger partial charge on any atom is 0.341 e. The van der Waals surface area contributed by atoms with Crippen molar-refractivity contribution in [2.45, 2.75) is 38.5 Å². The predicted octanol–water partition coefficient (Wildman–Crippen LogP) is 4.38. The van der Waals surface area contributed by atoms with Crippen molar-refractivity contribution in [3.05, 3.63) is 58.2 Å². The number of thiophene rings is 1. The van der Waals surface area contributed by atoms with Gasteiger partial charge in [0, 0.05) is 22.8 Å². The molecule has 0 aliphatic heterocycles. The van der Waals surface area contributed by atoms with E-state index in [2.05, 4.69) is 15.3 Å². The number of carbonyl (C=O) groups excluding carboxylic acids is 3. The number of H-pyrrole nitrogens is 1. The van der Waals surface area contributed by atoms with Gasteiger partial charge in [-0.1, -0.05) is 25.0 Å². The highest BCUT2D eigenvalue weighted by Gasteiger charge is 2.26. The number of aromatic amines is 1. The van der Waals surface area contributed by atoms with Gasteiger partial charge < -0.3 is 19.8 Å². The lowest BCUT2D eigenvalue weighted by Gasteiger charge is -2.11. The normalized spacial score (nSPS) is 13.4. The zero-order chi connectivity index (χ0) is 23.2. The Morgan fingerprint density at radius 3 is 2.52 bits per heavy atom. The molecule has 4 rings (SSSR count). The third-order valence-corrected chi connectivity index (χ3v) is 6.75. The summed E-state index contributed by atoms with van der Waals surface area (Å²) < 4.78 is 10.1. The molecule has 0 saturated heterocycles. The third kappa shape index (κ3) is 5.31. The van der Waals surface area contributed by atoms with Gasteiger partial charge in [0.05, 0.1) is 18.2 Å². The number of anilines is 1. The smallest absolute Gasteiger partial charge is 0.341 e. The van der Waals surface area contributed by atoms with E-state index in [0.29, 0.717) is 22.0 Å². The topological polar surface area (TPSA) is 110 Å². The number of rotatable bonds is 6. The van der Waals surface area contributed by atoms with Gasteiger partial charge >= 0.3 is 11.9 Å². The highest BCUT2D eigenvalue weighted by molar-refractivity contribution is 7.17. The number of hydrogen-bond donors (Lipinski definition) is 2. The number of amides is 1. The van der Waals surface area contributed by atoms with E-state index in [0.717, 1.165) is 54.5 Å². The standard InChI is InChI=1S/C24H25N3O5S/c1-31-24(30)20-17-6-4-2-3-5-7-18(17)33-22(20)27-19(28)14-32-23(29)16-10-8-15(9-11-16)21-25-12-13-26-21/h8-13H,2-7,14H2,1H3,(H,25,26)(H,27,28). The molecule has 2 N–H and O–H groups in total. The van der Waals surface area contributed by atoms with Crippen molar-refractivity contribution in [2.24, 2.45) is 0 Å². The van der Waals surface area contributed by atoms with Crippen LogP contribution in [0.25, 0.3) is 11.4 Å². The fourth-order valence-corrected chi connectivity index (χ4v) is 5.18. The van der Waals surface area contributed by atoms with E-state index in [1.807, 2.05) is 0 Å². The van der Waals surface area contributed by atoms with Crippen LogP contribution in [0.4, 0.5) is 5.00 Å². The van der Waals surface area contributed by atoms with E-state index < -0.39 is 24.5 Å². The number of methoxy groups -OCH3 is 1. The zero-order valence-corrected chi connectivity index (χ0v) is 19.1. The number of fused-ring (bicyclic) bond motifs is 1. The summed E-state index contributed by atoms with van der Waals surface area (Å²) in [6, 6.07) is 6.73. The molecular weight excluding hydrogens is 442 g/mol. The molecule has 0 bridgehead atoms. The summed E-state index contributed by atoms with van der Waals surface area (Å²) in [7, 11) is 1.33. The molecule has 0 radical (unpaired) electrons. The second-order valence-corrected chi connectivity index (χ2v) is 8.86. The van der Waals surface area contributed by atoms with Crippen LogP contribution in [0.2, 0.25) is 0 Å². The molecule has 0 unspecified atom stereocenters. The molecule has 33 heavy (non-hydrogen) atoms. The molecular formula is C24H25N3O5S. The first kappa shape index (κ1) is 22.7. The average molecular weight is 468 g/mol. The van der Waals surface area contributed by atoms with Crippen molar-refractivity contribution < 1.29 is 23.9 Å². The van der Waals surface area contributed by atoms with Gasteiger partial charge in [-0.3, -0.25) is 4.79 Å². The van der Waals surface area contributed by atoms with Gasteiger partial charge in [0.2, 0.25) is 0 Å². The Labute approximate surface area is 195 Å². The van der Waals surface area contributed by atoms with Crippen molar-refractivity contribution in [2.75, 3.05) is 19.0 Å². The second kappa shape index (κ2) is 10.4. The van der Waals surface area contributed by atoms with Crippen LogP contribution < -0.4 is 5.32 Å². The largest absolute Gasteiger partial charge is 0.465 e. The fraction of sp³-hybridized carbons (Fsp3) is 0.333. The quantitative estimate of drug-likeness (QED) is 0.521. The number of ether oxygens (including phenoxy) is 2. The number of imidazole rings is 1. The van der Waals surface area contributed by atoms with Gasteiger partial charge in [-0.2, -0.15) is 0 Å². The summed E-state index contributed by atoms with van der Waals surface area (Å²) in [4.78, 5) is 45.6. The number of nitrogens with one attached hydrogen (secondary N) is 2. The number of benzene rings is 1. The SMILES string of the molecule is COC(=O)c1c(NC(=O)COC(=O)c2ccc(-c3ncc[nH]3)cc2)sc2c1CCCCCC2. The Bertz CT molecular complexity index is 1140. The summed E-state index contributed by atoms with van der Waals surface area (Å²) in [5.74, 6) is -0.879. The van der Waals surface area contributed by atoms with Crippen LogP contribution >= 0.6 is 11.3 Å². The maximum atomic E-state index is 12.5. The Balaban J connectivity index is 1.40. The van der Waals surface area contributed by atoms with Crippen molar-refractivity contribution >= 4 is 34.2 Å². The summed E-state index contributed by atoms with van der Waals surface area (Å²) in [5.41, 5.74) is 2.55. The molecule has 1 aromatic carbocycles. The highest BCUT2D eigenvalue weighted by Crippen LogP contribution is 2.37. The van der Waals surface area contributed by atoms with Crippen LogP contribution in [0, 0.1) is 0 Å². The minimum atomic E-state index is -0.609. The molecule has 0 fully saturated rings. The van der Waals surface area contributed by atoms with Crippen molar-refractivity contribution in [3.63, 3.8) is 0 Å². The van der Waals surface area contributed by atoms with Crippen LogP contribution in [-0.2, 0) is 27.1 Å². The van der Waals surface area contributed by atoms with Crippen LogP contribution in [0.1, 0.15) is 56.8 Å². The van der Waals surface area contributed by atoms with E-state index in [-0.39, 0.29) is 0 Å². The monoisotopic (exact) mass is 467 g/mol. The molecule has 0 saturated carbocycles. The molecule has 9 heteroatoms. The minimum Gasteiger partial charge on any atom is -0.465 e. The molecule has 1 aliphatic rings. The van der Waals surface area contributed by atoms with Crippen molar-refractivity contribution in [1.29, 1.82) is 0 Å². The summed E-state index contributed by atoms with van der Waals surface area (Å²) in [6.45, 7) is -0.456. The van der Waals surface area contributed by atoms with Gasteiger partial charge in [-0.15, -0.1) is 11.3 Å². The highest BCUT2D eigenvalue weighted by atomic mass is 32.1. The fourth-order valence-electron chi connectivity index (χ4n) is 3.89. The Morgan fingerprint density at radius 2 is 1.82 bits per heavy atom. The molecule has 0 atom stereocenters. The molecule has 0 spiro atoms. The molecule has 1 amide bonds. The Morgan fingerprint density at radius 1 is 1.06 bits per heavy atom. The van der Waals surface area contributed by atoms with Crippen LogP contribution in [0.5, 0.6) is 0 Å². The molecule has 8 nitrogen and oxygen atoms in total. The first-order valence-corrected chi connectivity index (χ1v) is 11.7. The van der Waals surface area contributed by atoms with Crippen LogP contribution in [0.3, 0.4) is 0 Å². The molecule has 1 aliphatic carbocycles. The number of hydrogen-bond acceptors (Lipinski definition) is 7. The van der Waals surface area contributed by atoms with Gasteiger partial charge in [0.15, 0.2) is 6.61 Å². The van der Waals surface area contributed by atoms with Gasteiger partial charge in [-0.05, 0) is 43.4 Å². The number of carbonyl (C=O) groups is 3. The lowest BCUT2D eigenvalue weighted by Crippen LogP contribution is -2.21. The summed E-state index contributed by atoms with van der Waals surface area (Å²) in [6.07, 6.45) is 9.36. The minimum absolute atomic E-state index is 0.326. The van der Waals surface area contributed by atoms with E-state index >= 15 is 0 Å². The first-order chi connectivity index (χ1) is 16.1. The van der Waals surface area contributed by atoms with Gasteiger partial charge in [0.25, 0.3) is 5.91 Å². The molecule has 172 valence electrons. The van der Waals surface area contributed by atoms with E-state index in [1.54, 1.807) is 36.7 Å². The maximum absolute atomic E-state index is 12.5. The van der Waals surface area contributed by atoms with Crippen molar-refractivity contribution in [3.8, 4) is 11.4 Å². The average Bonchev–Trinajstić information content (AvgIpc) is 3.46. The number of esters is 2. The second-order valence-electron chi connectivity index (χ2n) is 7.75. The third-order valence-electron chi connectivity index (χ3n) is 5.54. The van der Waals surface area contributed by atoms with Crippen LogP contribution in [-0.4, -0.2) is 41.5 Å². The number of aryl methyl sites for hydroxylation is 1. The molecule has 2 heterocycles.